The van der Waals surface area contributed by atoms with Crippen LogP contribution in [-0.2, 0) is 65.4 Å². The molecule has 0 spiro atoms. The number of aliphatic hydroxyl groups is 1. The van der Waals surface area contributed by atoms with Crippen molar-refractivity contribution < 1.29 is 80.2 Å². The molecule has 3 unspecified atom stereocenters. The van der Waals surface area contributed by atoms with E-state index in [0.717, 1.165) is 108 Å². The number of carbonyl (C=O) groups is 4. The van der Waals surface area contributed by atoms with Crippen molar-refractivity contribution in [1.29, 1.82) is 0 Å². The first-order chi connectivity index (χ1) is 44.6. The smallest absolute Gasteiger partial charge is 0.462 e. The molecule has 0 fully saturated rings. The van der Waals surface area contributed by atoms with Crippen LogP contribution in [0.3, 0.4) is 0 Å². The van der Waals surface area contributed by atoms with E-state index in [1.165, 1.54) is 167 Å². The second-order valence-electron chi connectivity index (χ2n) is 28.6. The van der Waals surface area contributed by atoms with Gasteiger partial charge in [-0.15, -0.1) is 0 Å². The Morgan fingerprint density at radius 2 is 0.452 bits per heavy atom. The van der Waals surface area contributed by atoms with E-state index in [1.807, 2.05) is 0 Å². The molecule has 0 radical (unpaired) electrons. The maximum absolute atomic E-state index is 13.0. The fourth-order valence-electron chi connectivity index (χ4n) is 11.2. The average molecular weight is 1370 g/mol. The van der Waals surface area contributed by atoms with E-state index in [4.69, 9.17) is 37.0 Å². The molecule has 0 heterocycles. The summed E-state index contributed by atoms with van der Waals surface area (Å²) in [6, 6.07) is 0. The zero-order valence-electron chi connectivity index (χ0n) is 60.9. The van der Waals surface area contributed by atoms with Crippen LogP contribution >= 0.6 is 15.6 Å². The minimum atomic E-state index is -4.95. The number of aliphatic hydroxyl groups excluding tert-OH is 1. The highest BCUT2D eigenvalue weighted by Gasteiger charge is 2.30. The molecular weight excluding hydrogens is 1220 g/mol. The molecule has 552 valence electrons. The molecule has 0 saturated carbocycles. The highest BCUT2D eigenvalue weighted by Crippen LogP contribution is 2.45. The number of phosphoric ester groups is 2. The van der Waals surface area contributed by atoms with Crippen LogP contribution < -0.4 is 0 Å². The molecule has 0 aromatic carbocycles. The van der Waals surface area contributed by atoms with Crippen LogP contribution in [-0.4, -0.2) is 96.7 Å². The molecule has 17 nitrogen and oxygen atoms in total. The first-order valence-corrected chi connectivity index (χ1v) is 41.2. The zero-order chi connectivity index (χ0) is 68.9. The molecule has 0 aliphatic heterocycles. The summed E-state index contributed by atoms with van der Waals surface area (Å²) in [5, 5.41) is 10.6. The van der Waals surface area contributed by atoms with Gasteiger partial charge in [0.1, 0.15) is 19.3 Å². The molecule has 0 aromatic rings. The van der Waals surface area contributed by atoms with Gasteiger partial charge in [-0.05, 0) is 49.4 Å². The van der Waals surface area contributed by atoms with Crippen LogP contribution in [0.2, 0.25) is 0 Å². The standard InChI is InChI=1S/C74H144O17P2/c1-64(2)50-42-34-26-21-17-13-10-9-11-15-19-23-29-38-46-54-71(76)84-61-70(91-74(79)57-49-41-33-32-37-45-53-67(7)8)63-89-93(82,83)87-59-68(75)58-86-92(80,81)88-62-69(60-85-72(77)55-47-39-31-25-28-36-44-52-66(5)6)90-73(78)56-48-40-30-24-20-16-12-14-18-22-27-35-43-51-65(3)4/h64-70,75H,9-63H2,1-8H3,(H,80,81)(H,82,83)/t68?,69-,70-/m1/s1. The van der Waals surface area contributed by atoms with Gasteiger partial charge in [0, 0.05) is 25.7 Å². The Morgan fingerprint density at radius 1 is 0.269 bits per heavy atom. The van der Waals surface area contributed by atoms with Crippen molar-refractivity contribution >= 4 is 39.5 Å². The van der Waals surface area contributed by atoms with Gasteiger partial charge in [0.25, 0.3) is 0 Å². The zero-order valence-corrected chi connectivity index (χ0v) is 62.7. The van der Waals surface area contributed by atoms with Crippen molar-refractivity contribution in [3.63, 3.8) is 0 Å². The topological polar surface area (TPSA) is 237 Å². The summed E-state index contributed by atoms with van der Waals surface area (Å²) in [5.74, 6) is 0.838. The van der Waals surface area contributed by atoms with Crippen LogP contribution in [0.15, 0.2) is 0 Å². The quantitative estimate of drug-likeness (QED) is 0.0222. The molecule has 5 atom stereocenters. The molecule has 93 heavy (non-hydrogen) atoms. The van der Waals surface area contributed by atoms with Crippen molar-refractivity contribution in [1.82, 2.24) is 0 Å². The third-order valence-corrected chi connectivity index (χ3v) is 19.0. The molecule has 0 saturated heterocycles. The Balaban J connectivity index is 5.17. The van der Waals surface area contributed by atoms with Gasteiger partial charge in [-0.2, -0.15) is 0 Å². The molecule has 19 heteroatoms. The Bertz CT molecular complexity index is 1830. The molecule has 0 bridgehead atoms. The van der Waals surface area contributed by atoms with Crippen LogP contribution in [0.1, 0.15) is 370 Å². The van der Waals surface area contributed by atoms with E-state index in [9.17, 15) is 43.2 Å². The second-order valence-corrected chi connectivity index (χ2v) is 31.5. The molecule has 0 rings (SSSR count). The van der Waals surface area contributed by atoms with Gasteiger partial charge in [0.05, 0.1) is 26.4 Å². The first kappa shape index (κ1) is 91.1. The largest absolute Gasteiger partial charge is 0.472 e. The summed E-state index contributed by atoms with van der Waals surface area (Å²) in [4.78, 5) is 72.6. The Labute approximate surface area is 568 Å². The third kappa shape index (κ3) is 68.4. The number of ether oxygens (including phenoxy) is 4. The van der Waals surface area contributed by atoms with E-state index in [1.54, 1.807) is 0 Å². The number of unbranched alkanes of at least 4 members (excludes halogenated alkanes) is 37. The summed E-state index contributed by atoms with van der Waals surface area (Å²) in [6.45, 7) is 14.1. The van der Waals surface area contributed by atoms with E-state index >= 15 is 0 Å². The summed E-state index contributed by atoms with van der Waals surface area (Å²) in [6.07, 6.45) is 47.5. The minimum absolute atomic E-state index is 0.102. The molecule has 3 N–H and O–H groups in total. The second kappa shape index (κ2) is 63.5. The third-order valence-electron chi connectivity index (χ3n) is 17.1. The minimum Gasteiger partial charge on any atom is -0.462 e. The molecule has 0 aromatic heterocycles. The first-order valence-electron chi connectivity index (χ1n) is 38.2. The number of esters is 4. The lowest BCUT2D eigenvalue weighted by atomic mass is 10.0. The predicted octanol–water partition coefficient (Wildman–Crippen LogP) is 21.3. The van der Waals surface area contributed by atoms with Crippen LogP contribution in [0.5, 0.6) is 0 Å². The highest BCUT2D eigenvalue weighted by molar-refractivity contribution is 7.47. The monoisotopic (exact) mass is 1370 g/mol. The van der Waals surface area contributed by atoms with Gasteiger partial charge < -0.3 is 33.8 Å². The van der Waals surface area contributed by atoms with Crippen LogP contribution in [0.4, 0.5) is 0 Å². The number of hydrogen-bond donors (Lipinski definition) is 3. The summed E-state index contributed by atoms with van der Waals surface area (Å²) < 4.78 is 68.4. The van der Waals surface area contributed by atoms with Gasteiger partial charge in [-0.3, -0.25) is 37.3 Å². The number of carbonyl (C=O) groups excluding carboxylic acids is 4. The van der Waals surface area contributed by atoms with E-state index in [0.29, 0.717) is 37.5 Å². The fourth-order valence-corrected chi connectivity index (χ4v) is 12.8. The van der Waals surface area contributed by atoms with Crippen molar-refractivity contribution in [2.75, 3.05) is 39.6 Å². The van der Waals surface area contributed by atoms with Crippen molar-refractivity contribution in [3.8, 4) is 0 Å². The maximum atomic E-state index is 13.0. The normalized spacial score (nSPS) is 14.2. The van der Waals surface area contributed by atoms with E-state index in [2.05, 4.69) is 55.4 Å². The van der Waals surface area contributed by atoms with Crippen molar-refractivity contribution in [3.05, 3.63) is 0 Å². The average Bonchev–Trinajstić information content (AvgIpc) is 3.08. The number of rotatable bonds is 71. The fraction of sp³-hybridized carbons (Fsp3) is 0.946. The summed E-state index contributed by atoms with van der Waals surface area (Å²) in [5.41, 5.74) is 0. The van der Waals surface area contributed by atoms with Gasteiger partial charge in [0.2, 0.25) is 0 Å². The summed E-state index contributed by atoms with van der Waals surface area (Å²) in [7, 11) is -9.91. The van der Waals surface area contributed by atoms with Gasteiger partial charge in [-0.1, -0.05) is 319 Å². The Morgan fingerprint density at radius 3 is 0.667 bits per heavy atom. The maximum Gasteiger partial charge on any atom is 0.472 e. The van der Waals surface area contributed by atoms with Crippen molar-refractivity contribution in [2.45, 2.75) is 388 Å². The van der Waals surface area contributed by atoms with Gasteiger partial charge in [-0.25, -0.2) is 9.13 Å². The SMILES string of the molecule is CC(C)CCCCCCCCCCCCCCCCCC(=O)OC[C@H](COP(=O)(O)OCC(O)COP(=O)(O)OC[C@@H](COC(=O)CCCCCCCCCC(C)C)OC(=O)CCCCCCCCCCCCCCCC(C)C)OC(=O)CCCCCCCCC(C)C. The highest BCUT2D eigenvalue weighted by atomic mass is 31.2. The summed E-state index contributed by atoms with van der Waals surface area (Å²) >= 11 is 0. The number of hydrogen-bond acceptors (Lipinski definition) is 15. The Kier molecular flexibility index (Phi) is 62.2. The van der Waals surface area contributed by atoms with Crippen molar-refractivity contribution in [2.24, 2.45) is 23.7 Å². The van der Waals surface area contributed by atoms with Crippen LogP contribution in [0, 0.1) is 23.7 Å². The molecule has 0 aliphatic carbocycles. The molecular formula is C74H144O17P2. The van der Waals surface area contributed by atoms with Gasteiger partial charge >= 0.3 is 39.5 Å². The molecule has 0 aliphatic rings. The lowest BCUT2D eigenvalue weighted by molar-refractivity contribution is -0.161. The lowest BCUT2D eigenvalue weighted by Crippen LogP contribution is -2.30. The Hall–Kier alpha value is -1.94. The molecule has 0 amide bonds. The van der Waals surface area contributed by atoms with E-state index < -0.39 is 97.5 Å². The number of phosphoric acid groups is 2. The van der Waals surface area contributed by atoms with Crippen LogP contribution in [0.25, 0.3) is 0 Å². The predicted molar refractivity (Wildman–Crippen MR) is 377 cm³/mol. The van der Waals surface area contributed by atoms with Gasteiger partial charge in [0.15, 0.2) is 12.2 Å². The van der Waals surface area contributed by atoms with E-state index in [-0.39, 0.29) is 25.7 Å². The lowest BCUT2D eigenvalue weighted by Gasteiger charge is -2.21.